The summed E-state index contributed by atoms with van der Waals surface area (Å²) in [7, 11) is 0. The highest BCUT2D eigenvalue weighted by atomic mass is 16.3. The molecular weight excluding hydrogens is 232 g/mol. The molecule has 92 valence electrons. The van der Waals surface area contributed by atoms with E-state index in [1.807, 2.05) is 18.2 Å². The van der Waals surface area contributed by atoms with Crippen molar-refractivity contribution in [2.24, 2.45) is 0 Å². The quantitative estimate of drug-likeness (QED) is 0.683. The van der Waals surface area contributed by atoms with Gasteiger partial charge < -0.3 is 10.1 Å². The Bertz CT molecular complexity index is 645. The Morgan fingerprint density at radius 1 is 1.33 bits per heavy atom. The number of aliphatic hydroxyl groups is 1. The van der Waals surface area contributed by atoms with Gasteiger partial charge in [0, 0.05) is 23.5 Å². The highest BCUT2D eigenvalue weighted by molar-refractivity contribution is 6.07. The molecule has 2 aromatic rings. The maximum absolute atomic E-state index is 11.7. The maximum Gasteiger partial charge on any atom is 0.234 e. The lowest BCUT2D eigenvalue weighted by atomic mass is 9.96. The van der Waals surface area contributed by atoms with Crippen LogP contribution >= 0.6 is 0 Å². The fraction of sp³-hybridized carbons (Fsp3) is 0.231. The third-order valence-electron chi connectivity index (χ3n) is 3.30. The van der Waals surface area contributed by atoms with Crippen LogP contribution in [0.3, 0.4) is 0 Å². The van der Waals surface area contributed by atoms with Crippen molar-refractivity contribution in [3.05, 3.63) is 35.5 Å². The summed E-state index contributed by atoms with van der Waals surface area (Å²) >= 11 is 0. The molecule has 1 atom stereocenters. The molecule has 1 aromatic heterocycles. The van der Waals surface area contributed by atoms with Crippen LogP contribution in [0.1, 0.15) is 23.5 Å². The largest absolute Gasteiger partial charge is 0.392 e. The molecule has 5 nitrogen and oxygen atoms in total. The van der Waals surface area contributed by atoms with E-state index in [4.69, 9.17) is 5.11 Å². The number of hydrogen-bond acceptors (Lipinski definition) is 3. The average Bonchev–Trinajstić information content (AvgIpc) is 2.91. The molecule has 0 spiro atoms. The lowest BCUT2D eigenvalue weighted by Crippen LogP contribution is -2.21. The van der Waals surface area contributed by atoms with Crippen LogP contribution in [0.4, 0.5) is 0 Å². The summed E-state index contributed by atoms with van der Waals surface area (Å²) in [6, 6.07) is 5.52. The van der Waals surface area contributed by atoms with E-state index in [1.54, 1.807) is 6.20 Å². The third kappa shape index (κ3) is 1.60. The van der Waals surface area contributed by atoms with Crippen LogP contribution in [-0.2, 0) is 16.2 Å². The molecule has 1 saturated heterocycles. The fourth-order valence-corrected chi connectivity index (χ4v) is 2.39. The van der Waals surface area contributed by atoms with Crippen molar-refractivity contribution < 1.29 is 14.7 Å². The highest BCUT2D eigenvalue weighted by Gasteiger charge is 2.33. The Morgan fingerprint density at radius 2 is 2.17 bits per heavy atom. The molecule has 5 heteroatoms. The van der Waals surface area contributed by atoms with E-state index in [0.717, 1.165) is 22.0 Å². The second kappa shape index (κ2) is 3.96. The normalized spacial score (nSPS) is 19.5. The maximum atomic E-state index is 11.7. The van der Waals surface area contributed by atoms with Crippen molar-refractivity contribution in [1.82, 2.24) is 10.3 Å². The fourth-order valence-electron chi connectivity index (χ4n) is 2.39. The van der Waals surface area contributed by atoms with Crippen LogP contribution < -0.4 is 5.32 Å². The Balaban J connectivity index is 2.08. The summed E-state index contributed by atoms with van der Waals surface area (Å²) < 4.78 is 0. The molecule has 1 aromatic carbocycles. The molecule has 0 saturated carbocycles. The van der Waals surface area contributed by atoms with Crippen molar-refractivity contribution in [3.63, 3.8) is 0 Å². The molecule has 2 amide bonds. The number of imide groups is 1. The van der Waals surface area contributed by atoms with Crippen molar-refractivity contribution in [3.8, 4) is 0 Å². The number of rotatable bonds is 2. The Labute approximate surface area is 103 Å². The zero-order valence-electron chi connectivity index (χ0n) is 9.56. The number of aromatic amines is 1. The lowest BCUT2D eigenvalue weighted by molar-refractivity contribution is -0.125. The molecule has 0 radical (unpaired) electrons. The van der Waals surface area contributed by atoms with Crippen molar-refractivity contribution in [2.75, 3.05) is 0 Å². The Hall–Kier alpha value is -2.14. The van der Waals surface area contributed by atoms with Crippen LogP contribution in [0.15, 0.2) is 24.4 Å². The predicted molar refractivity (Wildman–Crippen MR) is 64.7 cm³/mol. The molecule has 3 N–H and O–H groups in total. The van der Waals surface area contributed by atoms with Gasteiger partial charge in [0.2, 0.25) is 11.8 Å². The SMILES string of the molecule is O=C1CC(c2c[nH]c3cc(CO)ccc23)C(=O)N1. The monoisotopic (exact) mass is 244 g/mol. The van der Waals surface area contributed by atoms with Gasteiger partial charge in [-0.3, -0.25) is 14.9 Å². The summed E-state index contributed by atoms with van der Waals surface area (Å²) in [5.41, 5.74) is 2.50. The van der Waals surface area contributed by atoms with E-state index < -0.39 is 5.92 Å². The highest BCUT2D eigenvalue weighted by Crippen LogP contribution is 2.31. The zero-order chi connectivity index (χ0) is 12.7. The van der Waals surface area contributed by atoms with Gasteiger partial charge in [-0.1, -0.05) is 12.1 Å². The van der Waals surface area contributed by atoms with Crippen LogP contribution in [0.2, 0.25) is 0 Å². The first-order chi connectivity index (χ1) is 8.69. The molecular formula is C13H12N2O3. The number of H-pyrrole nitrogens is 1. The summed E-state index contributed by atoms with van der Waals surface area (Å²) in [5, 5.41) is 12.3. The first-order valence-electron chi connectivity index (χ1n) is 5.73. The van der Waals surface area contributed by atoms with Crippen molar-refractivity contribution in [1.29, 1.82) is 0 Å². The number of fused-ring (bicyclic) bond motifs is 1. The summed E-state index contributed by atoms with van der Waals surface area (Å²) in [6.07, 6.45) is 1.96. The van der Waals surface area contributed by atoms with Crippen LogP contribution in [0, 0.1) is 0 Å². The number of hydrogen-bond donors (Lipinski definition) is 3. The first-order valence-corrected chi connectivity index (χ1v) is 5.73. The van der Waals surface area contributed by atoms with E-state index in [9.17, 15) is 9.59 Å². The van der Waals surface area contributed by atoms with Gasteiger partial charge in [0.1, 0.15) is 0 Å². The second-order valence-electron chi connectivity index (χ2n) is 4.45. The molecule has 1 aliphatic heterocycles. The van der Waals surface area contributed by atoms with Gasteiger partial charge in [-0.05, 0) is 17.2 Å². The number of amides is 2. The summed E-state index contributed by atoms with van der Waals surface area (Å²) in [5.74, 6) is -0.885. The van der Waals surface area contributed by atoms with E-state index >= 15 is 0 Å². The third-order valence-corrected chi connectivity index (χ3v) is 3.30. The minimum absolute atomic E-state index is 0.0211. The Morgan fingerprint density at radius 3 is 2.83 bits per heavy atom. The van der Waals surface area contributed by atoms with Gasteiger partial charge in [-0.15, -0.1) is 0 Å². The summed E-state index contributed by atoms with van der Waals surface area (Å²) in [6.45, 7) is -0.0211. The number of benzene rings is 1. The number of carbonyl (C=O) groups excluding carboxylic acids is 2. The average molecular weight is 244 g/mol. The van der Waals surface area contributed by atoms with Crippen LogP contribution in [-0.4, -0.2) is 21.9 Å². The van der Waals surface area contributed by atoms with E-state index in [1.165, 1.54) is 0 Å². The molecule has 1 unspecified atom stereocenters. The van der Waals surface area contributed by atoms with Crippen molar-refractivity contribution in [2.45, 2.75) is 18.9 Å². The molecule has 0 aliphatic carbocycles. The number of aromatic nitrogens is 1. The van der Waals surface area contributed by atoms with Gasteiger partial charge >= 0.3 is 0 Å². The van der Waals surface area contributed by atoms with Gasteiger partial charge in [-0.2, -0.15) is 0 Å². The molecule has 1 aliphatic rings. The predicted octanol–water partition coefficient (Wildman–Crippen LogP) is 0.790. The molecule has 0 bridgehead atoms. The van der Waals surface area contributed by atoms with Gasteiger partial charge in [-0.25, -0.2) is 0 Å². The number of carbonyl (C=O) groups is 2. The molecule has 1 fully saturated rings. The smallest absolute Gasteiger partial charge is 0.234 e. The topological polar surface area (TPSA) is 82.2 Å². The van der Waals surface area contributed by atoms with Gasteiger partial charge in [0.25, 0.3) is 0 Å². The van der Waals surface area contributed by atoms with E-state index in [0.29, 0.717) is 0 Å². The lowest BCUT2D eigenvalue weighted by Gasteiger charge is -2.04. The standard InChI is InChI=1S/C13H12N2O3/c16-6-7-1-2-8-10(5-14-11(8)3-7)9-4-12(17)15-13(9)18/h1-3,5,9,14,16H,4,6H2,(H,15,17,18). The Kier molecular flexibility index (Phi) is 2.41. The van der Waals surface area contributed by atoms with E-state index in [-0.39, 0.29) is 24.8 Å². The molecule has 18 heavy (non-hydrogen) atoms. The minimum Gasteiger partial charge on any atom is -0.392 e. The summed E-state index contributed by atoms with van der Waals surface area (Å²) in [4.78, 5) is 26.0. The molecule has 3 rings (SSSR count). The first kappa shape index (κ1) is 11.0. The number of aliphatic hydroxyl groups excluding tert-OH is 1. The number of nitrogens with one attached hydrogen (secondary N) is 2. The zero-order valence-corrected chi connectivity index (χ0v) is 9.56. The van der Waals surface area contributed by atoms with Crippen molar-refractivity contribution >= 4 is 22.7 Å². The van der Waals surface area contributed by atoms with Gasteiger partial charge in [0.05, 0.1) is 12.5 Å². The van der Waals surface area contributed by atoms with Crippen LogP contribution in [0.25, 0.3) is 10.9 Å². The van der Waals surface area contributed by atoms with E-state index in [2.05, 4.69) is 10.3 Å². The second-order valence-corrected chi connectivity index (χ2v) is 4.45. The van der Waals surface area contributed by atoms with Gasteiger partial charge in [0.15, 0.2) is 0 Å². The molecule has 2 heterocycles. The van der Waals surface area contributed by atoms with Crippen LogP contribution in [0.5, 0.6) is 0 Å². The minimum atomic E-state index is -0.411.